The molecular weight excluding hydrogens is 454 g/mol. The van der Waals surface area contributed by atoms with Gasteiger partial charge >= 0.3 is 0 Å². The second kappa shape index (κ2) is 9.28. The molecule has 2 N–H and O–H groups in total. The van der Waals surface area contributed by atoms with E-state index in [2.05, 4.69) is 31.6 Å². The zero-order valence-corrected chi connectivity index (χ0v) is 21.0. The summed E-state index contributed by atoms with van der Waals surface area (Å²) in [6, 6.07) is 4.11. The second-order valence-corrected chi connectivity index (χ2v) is 10.7. The first-order valence-corrected chi connectivity index (χ1v) is 13.1. The maximum Gasteiger partial charge on any atom is 0.263 e. The van der Waals surface area contributed by atoms with Crippen molar-refractivity contribution in [2.45, 2.75) is 52.0 Å². The lowest BCUT2D eigenvalue weighted by Crippen LogP contribution is -2.51. The molecule has 0 spiro atoms. The van der Waals surface area contributed by atoms with Crippen molar-refractivity contribution in [2.75, 3.05) is 36.4 Å². The van der Waals surface area contributed by atoms with Crippen LogP contribution in [0.3, 0.4) is 0 Å². The fourth-order valence-corrected chi connectivity index (χ4v) is 6.39. The second-order valence-electron chi connectivity index (χ2n) is 10.7. The van der Waals surface area contributed by atoms with E-state index in [0.717, 1.165) is 62.9 Å². The van der Waals surface area contributed by atoms with Crippen molar-refractivity contribution in [2.24, 2.45) is 11.8 Å². The first-order valence-electron chi connectivity index (χ1n) is 13.1. The van der Waals surface area contributed by atoms with Gasteiger partial charge in [-0.15, -0.1) is 0 Å². The molecule has 5 heterocycles. The summed E-state index contributed by atoms with van der Waals surface area (Å²) in [5.41, 5.74) is 2.37. The highest BCUT2D eigenvalue weighted by Gasteiger charge is 2.30. The zero-order valence-electron chi connectivity index (χ0n) is 21.0. The van der Waals surface area contributed by atoms with E-state index in [0.29, 0.717) is 34.8 Å². The topological polar surface area (TPSA) is 105 Å². The number of Topliss-reactive ketones (excluding diaryl/α,β-unsaturated/α-hetero) is 1. The van der Waals surface area contributed by atoms with E-state index in [4.69, 9.17) is 4.98 Å². The highest BCUT2D eigenvalue weighted by molar-refractivity contribution is 5.99. The molecule has 0 amide bonds. The van der Waals surface area contributed by atoms with Crippen LogP contribution in [0.2, 0.25) is 0 Å². The normalized spacial score (nSPS) is 22.2. The quantitative estimate of drug-likeness (QED) is 0.526. The van der Waals surface area contributed by atoms with Crippen LogP contribution in [0.15, 0.2) is 29.3 Å². The number of piperidine rings is 2. The van der Waals surface area contributed by atoms with Crippen LogP contribution in [0.4, 0.5) is 17.5 Å². The molecule has 1 aliphatic carbocycles. The monoisotopic (exact) mass is 487 g/mol. The van der Waals surface area contributed by atoms with E-state index < -0.39 is 0 Å². The number of nitrogens with one attached hydrogen (secondary N) is 2. The molecule has 36 heavy (non-hydrogen) atoms. The van der Waals surface area contributed by atoms with Gasteiger partial charge < -0.3 is 15.5 Å². The Balaban J connectivity index is 1.30. The molecule has 2 atom stereocenters. The molecule has 9 nitrogen and oxygen atoms in total. The number of aryl methyl sites for hydroxylation is 1. The minimum absolute atomic E-state index is 0.0538. The van der Waals surface area contributed by atoms with Crippen LogP contribution in [0.1, 0.15) is 61.0 Å². The number of pyridine rings is 2. The Labute approximate surface area is 210 Å². The molecule has 3 aliphatic rings. The van der Waals surface area contributed by atoms with Crippen LogP contribution in [0, 0.1) is 18.8 Å². The number of rotatable bonds is 5. The number of aromatic nitrogens is 4. The molecule has 3 aromatic rings. The van der Waals surface area contributed by atoms with Crippen molar-refractivity contribution in [3.05, 3.63) is 46.0 Å². The average Bonchev–Trinajstić information content (AvgIpc) is 3.38. The van der Waals surface area contributed by atoms with Gasteiger partial charge in [-0.05, 0) is 75.7 Å². The number of nitrogens with zero attached hydrogens (tertiary/aromatic N) is 5. The zero-order chi connectivity index (χ0) is 24.8. The number of carbonyl (C=O) groups excluding carboxylic acids is 1. The van der Waals surface area contributed by atoms with E-state index >= 15 is 0 Å². The predicted molar refractivity (Wildman–Crippen MR) is 140 cm³/mol. The Kier molecular flexibility index (Phi) is 5.95. The van der Waals surface area contributed by atoms with E-state index in [9.17, 15) is 9.59 Å². The minimum atomic E-state index is -0.243. The van der Waals surface area contributed by atoms with E-state index in [1.54, 1.807) is 17.7 Å². The lowest BCUT2D eigenvalue weighted by molar-refractivity contribution is 0.101. The molecule has 2 unspecified atom stereocenters. The first-order chi connectivity index (χ1) is 17.5. The van der Waals surface area contributed by atoms with Crippen LogP contribution in [-0.2, 0) is 0 Å². The molecule has 0 aromatic carbocycles. The molecule has 3 aromatic heterocycles. The van der Waals surface area contributed by atoms with Crippen LogP contribution < -0.4 is 21.1 Å². The van der Waals surface area contributed by atoms with E-state index in [-0.39, 0.29) is 22.9 Å². The van der Waals surface area contributed by atoms with Gasteiger partial charge in [0.1, 0.15) is 11.5 Å². The average molecular weight is 488 g/mol. The Morgan fingerprint density at radius 3 is 2.50 bits per heavy atom. The Morgan fingerprint density at radius 1 is 1.08 bits per heavy atom. The highest BCUT2D eigenvalue weighted by atomic mass is 16.1. The van der Waals surface area contributed by atoms with Gasteiger partial charge in [0, 0.05) is 30.7 Å². The lowest BCUT2D eigenvalue weighted by Gasteiger charge is -2.42. The summed E-state index contributed by atoms with van der Waals surface area (Å²) in [7, 11) is 0. The van der Waals surface area contributed by atoms with Crippen LogP contribution >= 0.6 is 0 Å². The van der Waals surface area contributed by atoms with Gasteiger partial charge in [-0.3, -0.25) is 14.2 Å². The van der Waals surface area contributed by atoms with Gasteiger partial charge in [-0.2, -0.15) is 4.98 Å². The van der Waals surface area contributed by atoms with Crippen molar-refractivity contribution in [3.8, 4) is 0 Å². The first kappa shape index (κ1) is 23.1. The number of anilines is 3. The number of hydrogen-bond donors (Lipinski definition) is 2. The van der Waals surface area contributed by atoms with Gasteiger partial charge in [0.25, 0.3) is 5.56 Å². The standard InChI is InChI=1S/C27H33N7O2/c1-16-22-13-30-27(32-25(22)34(20-5-3-4-6-20)26(36)24(16)17(2)35)31-23-8-7-21(12-29-23)33-14-18-9-19(15-33)11-28-10-18/h7-8,12-13,18-20,28H,3-6,9-11,14-15H2,1-2H3,(H,29,30,31,32). The van der Waals surface area contributed by atoms with Crippen molar-refractivity contribution >= 4 is 34.3 Å². The third kappa shape index (κ3) is 4.15. The summed E-state index contributed by atoms with van der Waals surface area (Å²) in [5.74, 6) is 2.23. The molecule has 188 valence electrons. The van der Waals surface area contributed by atoms with Crippen molar-refractivity contribution in [1.82, 2.24) is 24.8 Å². The molecule has 9 heteroatoms. The highest BCUT2D eigenvalue weighted by Crippen LogP contribution is 2.32. The number of carbonyl (C=O) groups is 1. The third-order valence-corrected chi connectivity index (χ3v) is 8.09. The summed E-state index contributed by atoms with van der Waals surface area (Å²) in [6.07, 6.45) is 8.92. The smallest absolute Gasteiger partial charge is 0.263 e. The van der Waals surface area contributed by atoms with Gasteiger partial charge in [-0.25, -0.2) is 9.97 Å². The molecule has 2 saturated heterocycles. The van der Waals surface area contributed by atoms with E-state index in [1.807, 2.05) is 12.3 Å². The van der Waals surface area contributed by atoms with Crippen LogP contribution in [0.5, 0.6) is 0 Å². The van der Waals surface area contributed by atoms with Crippen molar-refractivity contribution in [3.63, 3.8) is 0 Å². The number of ketones is 1. The molecule has 3 fully saturated rings. The van der Waals surface area contributed by atoms with Gasteiger partial charge in [0.05, 0.1) is 17.4 Å². The summed E-state index contributed by atoms with van der Waals surface area (Å²) in [4.78, 5) is 42.1. The maximum absolute atomic E-state index is 13.4. The molecule has 0 radical (unpaired) electrons. The van der Waals surface area contributed by atoms with Gasteiger partial charge in [-0.1, -0.05) is 12.8 Å². The van der Waals surface area contributed by atoms with Crippen LogP contribution in [-0.4, -0.2) is 51.5 Å². The maximum atomic E-state index is 13.4. The minimum Gasteiger partial charge on any atom is -0.370 e. The summed E-state index contributed by atoms with van der Waals surface area (Å²) >= 11 is 0. The molecule has 2 bridgehead atoms. The molecule has 2 aliphatic heterocycles. The van der Waals surface area contributed by atoms with Gasteiger partial charge in [0.15, 0.2) is 5.78 Å². The fourth-order valence-electron chi connectivity index (χ4n) is 6.39. The summed E-state index contributed by atoms with van der Waals surface area (Å²) < 4.78 is 1.73. The summed E-state index contributed by atoms with van der Waals surface area (Å²) in [5, 5.41) is 7.50. The predicted octanol–water partition coefficient (Wildman–Crippen LogP) is 3.60. The molecule has 6 rings (SSSR count). The number of fused-ring (bicyclic) bond motifs is 3. The van der Waals surface area contributed by atoms with Crippen LogP contribution in [0.25, 0.3) is 11.0 Å². The van der Waals surface area contributed by atoms with Crippen molar-refractivity contribution < 1.29 is 4.79 Å². The lowest BCUT2D eigenvalue weighted by atomic mass is 9.86. The Bertz CT molecular complexity index is 1350. The Hall–Kier alpha value is -3.33. The Morgan fingerprint density at radius 2 is 1.83 bits per heavy atom. The van der Waals surface area contributed by atoms with Gasteiger partial charge in [0.2, 0.25) is 5.95 Å². The number of hydrogen-bond acceptors (Lipinski definition) is 8. The largest absolute Gasteiger partial charge is 0.370 e. The fraction of sp³-hybridized carbons (Fsp3) is 0.519. The SMILES string of the molecule is CC(=O)c1c(C)c2cnc(Nc3ccc(N4CC5CNCC(C5)C4)cn3)nc2n(C2CCCC2)c1=O. The van der Waals surface area contributed by atoms with E-state index in [1.165, 1.54) is 13.3 Å². The summed E-state index contributed by atoms with van der Waals surface area (Å²) in [6.45, 7) is 7.57. The van der Waals surface area contributed by atoms with Crippen molar-refractivity contribution in [1.29, 1.82) is 0 Å². The molecule has 1 saturated carbocycles. The third-order valence-electron chi connectivity index (χ3n) is 8.09. The molecular formula is C27H33N7O2.